The van der Waals surface area contributed by atoms with E-state index in [1.807, 2.05) is 0 Å². The summed E-state index contributed by atoms with van der Waals surface area (Å²) in [5.74, 6) is -1.05. The zero-order valence-electron chi connectivity index (χ0n) is 11.3. The number of benzene rings is 1. The fraction of sp³-hybridized carbons (Fsp3) is 0.214. The van der Waals surface area contributed by atoms with Crippen molar-refractivity contribution in [3.63, 3.8) is 0 Å². The highest BCUT2D eigenvalue weighted by Gasteiger charge is 2.25. The molecule has 0 bridgehead atoms. The summed E-state index contributed by atoms with van der Waals surface area (Å²) in [6.07, 6.45) is -0.300. The van der Waals surface area contributed by atoms with E-state index in [1.54, 1.807) is 42.6 Å². The number of aliphatic carboxylic acids is 1. The molecule has 0 aliphatic carbocycles. The molecule has 2 N–H and O–H groups in total. The van der Waals surface area contributed by atoms with Gasteiger partial charge in [0.15, 0.2) is 0 Å². The second-order valence-electron chi connectivity index (χ2n) is 4.55. The molecule has 0 amide bonds. The summed E-state index contributed by atoms with van der Waals surface area (Å²) in [4.78, 5) is 11.8. The predicted octanol–water partition coefficient (Wildman–Crippen LogP) is 2.55. The van der Waals surface area contributed by atoms with Gasteiger partial charge in [0.25, 0.3) is 0 Å². The number of thiophene rings is 1. The van der Waals surface area contributed by atoms with Gasteiger partial charge in [0.1, 0.15) is 0 Å². The first-order valence-corrected chi connectivity index (χ1v) is 8.59. The van der Waals surface area contributed by atoms with E-state index in [-0.39, 0.29) is 11.3 Å². The molecule has 7 heteroatoms. The Bertz CT molecular complexity index is 723. The summed E-state index contributed by atoms with van der Waals surface area (Å²) in [5.41, 5.74) is 0.616. The first kappa shape index (κ1) is 15.7. The minimum atomic E-state index is -3.77. The van der Waals surface area contributed by atoms with Crippen molar-refractivity contribution in [1.29, 1.82) is 0 Å². The van der Waals surface area contributed by atoms with Gasteiger partial charge in [-0.3, -0.25) is 4.79 Å². The number of hydrogen-bond acceptors (Lipinski definition) is 4. The van der Waals surface area contributed by atoms with Gasteiger partial charge in [-0.25, -0.2) is 13.1 Å². The minimum Gasteiger partial charge on any atom is -0.481 e. The summed E-state index contributed by atoms with van der Waals surface area (Å²) in [6.45, 7) is 1.70. The van der Waals surface area contributed by atoms with Crippen molar-refractivity contribution >= 4 is 27.3 Å². The van der Waals surface area contributed by atoms with Crippen LogP contribution in [0.15, 0.2) is 46.7 Å². The molecule has 1 aromatic heterocycles. The van der Waals surface area contributed by atoms with Gasteiger partial charge in [-0.05, 0) is 30.0 Å². The van der Waals surface area contributed by atoms with Gasteiger partial charge in [0.2, 0.25) is 10.0 Å². The Kier molecular flexibility index (Phi) is 4.76. The number of carboxylic acids is 1. The van der Waals surface area contributed by atoms with Crippen LogP contribution < -0.4 is 4.72 Å². The minimum absolute atomic E-state index is 0.164. The highest BCUT2D eigenvalue weighted by Crippen LogP contribution is 2.25. The highest BCUT2D eigenvalue weighted by atomic mass is 32.2. The number of carboxylic acid groups (broad SMARTS) is 1. The molecule has 0 spiro atoms. The lowest BCUT2D eigenvalue weighted by Gasteiger charge is -2.16. The zero-order valence-corrected chi connectivity index (χ0v) is 12.9. The monoisotopic (exact) mass is 325 g/mol. The third-order valence-electron chi connectivity index (χ3n) is 2.95. The third-order valence-corrected chi connectivity index (χ3v) is 5.56. The Labute approximate surface area is 127 Å². The van der Waals surface area contributed by atoms with Crippen LogP contribution in [0, 0.1) is 6.92 Å². The van der Waals surface area contributed by atoms with Crippen LogP contribution in [0.2, 0.25) is 0 Å². The Hall–Kier alpha value is -1.70. The summed E-state index contributed by atoms with van der Waals surface area (Å²) in [6, 6.07) is 9.30. The average Bonchev–Trinajstić information content (AvgIpc) is 2.91. The Balaban J connectivity index is 2.32. The van der Waals surface area contributed by atoms with Gasteiger partial charge in [0.05, 0.1) is 17.4 Å². The van der Waals surface area contributed by atoms with Crippen molar-refractivity contribution in [2.75, 3.05) is 0 Å². The van der Waals surface area contributed by atoms with Gasteiger partial charge in [-0.2, -0.15) is 0 Å². The van der Waals surface area contributed by atoms with E-state index in [0.717, 1.165) is 0 Å². The van der Waals surface area contributed by atoms with Crippen LogP contribution in [0.3, 0.4) is 0 Å². The molecule has 5 nitrogen and oxygen atoms in total. The lowest BCUT2D eigenvalue weighted by Crippen LogP contribution is -2.30. The van der Waals surface area contributed by atoms with Crippen LogP contribution in [0.1, 0.15) is 22.9 Å². The fourth-order valence-corrected chi connectivity index (χ4v) is 4.29. The second-order valence-corrected chi connectivity index (χ2v) is 7.21. The normalized spacial score (nSPS) is 13.0. The maximum absolute atomic E-state index is 12.4. The lowest BCUT2D eigenvalue weighted by atomic mass is 10.2. The van der Waals surface area contributed by atoms with Crippen molar-refractivity contribution in [1.82, 2.24) is 4.72 Å². The van der Waals surface area contributed by atoms with E-state index < -0.39 is 22.0 Å². The molecule has 21 heavy (non-hydrogen) atoms. The molecule has 0 saturated heterocycles. The maximum Gasteiger partial charge on any atom is 0.305 e. The summed E-state index contributed by atoms with van der Waals surface area (Å²) >= 11 is 1.32. The molecule has 1 unspecified atom stereocenters. The highest BCUT2D eigenvalue weighted by molar-refractivity contribution is 7.89. The molecule has 0 radical (unpaired) electrons. The number of rotatable bonds is 6. The van der Waals surface area contributed by atoms with E-state index >= 15 is 0 Å². The smallest absolute Gasteiger partial charge is 0.305 e. The van der Waals surface area contributed by atoms with E-state index in [2.05, 4.69) is 4.72 Å². The third kappa shape index (κ3) is 3.90. The molecule has 1 aromatic carbocycles. The molecule has 2 aromatic rings. The van der Waals surface area contributed by atoms with Gasteiger partial charge in [-0.15, -0.1) is 11.3 Å². The zero-order chi connectivity index (χ0) is 15.5. The Morgan fingerprint density at radius 2 is 2.00 bits per heavy atom. The standard InChI is InChI=1S/C14H15NO4S2/c1-10-5-2-3-7-13(10)21(18,19)15-11(9-14(16)17)12-6-4-8-20-12/h2-8,11,15H,9H2,1H3,(H,16,17). The molecule has 2 rings (SSSR count). The fourth-order valence-electron chi connectivity index (χ4n) is 1.97. The van der Waals surface area contributed by atoms with Crippen LogP contribution in [-0.2, 0) is 14.8 Å². The number of sulfonamides is 1. The van der Waals surface area contributed by atoms with E-state index in [9.17, 15) is 13.2 Å². The van der Waals surface area contributed by atoms with Crippen molar-refractivity contribution in [2.45, 2.75) is 24.3 Å². The molecular weight excluding hydrogens is 310 g/mol. The largest absolute Gasteiger partial charge is 0.481 e. The molecular formula is C14H15NO4S2. The summed E-state index contributed by atoms with van der Waals surface area (Å²) in [5, 5.41) is 10.8. The van der Waals surface area contributed by atoms with Crippen molar-refractivity contribution < 1.29 is 18.3 Å². The summed E-state index contributed by atoms with van der Waals surface area (Å²) < 4.78 is 27.4. The van der Waals surface area contributed by atoms with Crippen LogP contribution in [-0.4, -0.2) is 19.5 Å². The van der Waals surface area contributed by atoms with Gasteiger partial charge in [-0.1, -0.05) is 24.3 Å². The first-order chi connectivity index (χ1) is 9.90. The van der Waals surface area contributed by atoms with Crippen molar-refractivity contribution in [3.05, 3.63) is 52.2 Å². The molecule has 0 aliphatic heterocycles. The average molecular weight is 325 g/mol. The lowest BCUT2D eigenvalue weighted by molar-refractivity contribution is -0.137. The molecule has 1 atom stereocenters. The van der Waals surface area contributed by atoms with Gasteiger partial charge < -0.3 is 5.11 Å². The second kappa shape index (κ2) is 6.38. The Morgan fingerprint density at radius 1 is 1.29 bits per heavy atom. The van der Waals surface area contributed by atoms with E-state index in [1.165, 1.54) is 17.4 Å². The quantitative estimate of drug-likeness (QED) is 0.855. The van der Waals surface area contributed by atoms with E-state index in [0.29, 0.717) is 10.4 Å². The molecule has 0 saturated carbocycles. The number of nitrogens with one attached hydrogen (secondary N) is 1. The topological polar surface area (TPSA) is 83.5 Å². The van der Waals surface area contributed by atoms with Crippen molar-refractivity contribution in [2.24, 2.45) is 0 Å². The number of carbonyl (C=O) groups is 1. The van der Waals surface area contributed by atoms with Crippen molar-refractivity contribution in [3.8, 4) is 0 Å². The van der Waals surface area contributed by atoms with Gasteiger partial charge in [0, 0.05) is 4.88 Å². The molecule has 1 heterocycles. The Morgan fingerprint density at radius 3 is 2.57 bits per heavy atom. The molecule has 0 fully saturated rings. The first-order valence-electron chi connectivity index (χ1n) is 6.23. The molecule has 0 aliphatic rings. The number of aryl methyl sites for hydroxylation is 1. The molecule has 112 valence electrons. The maximum atomic E-state index is 12.4. The predicted molar refractivity (Wildman–Crippen MR) is 80.8 cm³/mol. The van der Waals surface area contributed by atoms with Gasteiger partial charge >= 0.3 is 5.97 Å². The van der Waals surface area contributed by atoms with E-state index in [4.69, 9.17) is 5.11 Å². The van der Waals surface area contributed by atoms with Crippen LogP contribution >= 0.6 is 11.3 Å². The SMILES string of the molecule is Cc1ccccc1S(=O)(=O)NC(CC(=O)O)c1cccs1. The van der Waals surface area contributed by atoms with Crippen LogP contribution in [0.5, 0.6) is 0 Å². The van der Waals surface area contributed by atoms with Crippen LogP contribution in [0.25, 0.3) is 0 Å². The van der Waals surface area contributed by atoms with Crippen LogP contribution in [0.4, 0.5) is 0 Å². The number of hydrogen-bond donors (Lipinski definition) is 2. The summed E-state index contributed by atoms with van der Waals surface area (Å²) in [7, 11) is -3.77.